The molecule has 0 radical (unpaired) electrons. The van der Waals surface area contributed by atoms with Crippen LogP contribution < -0.4 is 10.6 Å². The quantitative estimate of drug-likeness (QED) is 0.594. The van der Waals surface area contributed by atoms with E-state index >= 15 is 0 Å². The number of urea groups is 1. The number of rotatable bonds is 8. The highest BCUT2D eigenvalue weighted by molar-refractivity contribution is 7.99. The van der Waals surface area contributed by atoms with Gasteiger partial charge in [0.1, 0.15) is 6.04 Å². The van der Waals surface area contributed by atoms with Crippen molar-refractivity contribution in [2.45, 2.75) is 55.9 Å². The lowest BCUT2D eigenvalue weighted by Gasteiger charge is -2.29. The second-order valence-electron chi connectivity index (χ2n) is 5.36. The van der Waals surface area contributed by atoms with E-state index in [1.165, 1.54) is 6.42 Å². The molecule has 0 aromatic carbocycles. The molecule has 1 aliphatic carbocycles. The minimum Gasteiger partial charge on any atom is -0.480 e. The molecule has 0 heterocycles. The Morgan fingerprint density at radius 1 is 1.43 bits per heavy atom. The molecule has 7 heteroatoms. The minimum absolute atomic E-state index is 0.143. The summed E-state index contributed by atoms with van der Waals surface area (Å²) in [6, 6.07) is -1.10. The highest BCUT2D eigenvalue weighted by Gasteiger charge is 2.25. The molecular weight excluding hydrogens is 292 g/mol. The first-order valence-corrected chi connectivity index (χ1v) is 8.67. The van der Waals surface area contributed by atoms with Crippen molar-refractivity contribution in [3.8, 4) is 0 Å². The fourth-order valence-electron chi connectivity index (χ4n) is 2.56. The number of carboxylic acid groups (broad SMARTS) is 1. The van der Waals surface area contributed by atoms with Crippen LogP contribution in [-0.2, 0) is 9.53 Å². The van der Waals surface area contributed by atoms with Crippen LogP contribution in [0.25, 0.3) is 0 Å². The molecule has 0 spiro atoms. The number of aliphatic carboxylic acids is 1. The van der Waals surface area contributed by atoms with Gasteiger partial charge in [0.15, 0.2) is 0 Å². The van der Waals surface area contributed by atoms with Crippen LogP contribution in [-0.4, -0.2) is 54.4 Å². The van der Waals surface area contributed by atoms with Crippen LogP contribution in [0.4, 0.5) is 4.79 Å². The zero-order valence-electron chi connectivity index (χ0n) is 12.8. The molecule has 0 aromatic rings. The van der Waals surface area contributed by atoms with E-state index in [1.54, 1.807) is 7.11 Å². The Balaban J connectivity index is 2.37. The number of hydrogen-bond acceptors (Lipinski definition) is 4. The highest BCUT2D eigenvalue weighted by atomic mass is 32.2. The average Bonchev–Trinajstić information content (AvgIpc) is 2.46. The molecular formula is C14H26N2O4S. The van der Waals surface area contributed by atoms with Crippen LogP contribution in [0.5, 0.6) is 0 Å². The number of ether oxygens (including phenoxy) is 1. The summed E-state index contributed by atoms with van der Waals surface area (Å²) in [5, 5.41) is 15.1. The maximum Gasteiger partial charge on any atom is 0.326 e. The molecule has 1 fully saturated rings. The third kappa shape index (κ3) is 7.04. The van der Waals surface area contributed by atoms with Gasteiger partial charge in [-0.15, -0.1) is 0 Å². The zero-order valence-corrected chi connectivity index (χ0v) is 13.6. The largest absolute Gasteiger partial charge is 0.480 e. The Labute approximate surface area is 130 Å². The number of carbonyl (C=O) groups excluding carboxylic acids is 1. The lowest BCUT2D eigenvalue weighted by Crippen LogP contribution is -2.50. The molecule has 6 nitrogen and oxygen atoms in total. The molecule has 0 aromatic heterocycles. The molecule has 0 bridgehead atoms. The number of thioether (sulfide) groups is 1. The normalized spacial score (nSPS) is 23.3. The SMILES string of the molecule is COCCCC(NC(=O)NC1CCCC(SC)C1)C(=O)O. The fraction of sp³-hybridized carbons (Fsp3) is 0.857. The van der Waals surface area contributed by atoms with Crippen molar-refractivity contribution in [1.82, 2.24) is 10.6 Å². The first kappa shape index (κ1) is 18.1. The summed E-state index contributed by atoms with van der Waals surface area (Å²) in [7, 11) is 1.57. The topological polar surface area (TPSA) is 87.7 Å². The highest BCUT2D eigenvalue weighted by Crippen LogP contribution is 2.26. The third-order valence-electron chi connectivity index (χ3n) is 3.74. The van der Waals surface area contributed by atoms with E-state index in [0.717, 1.165) is 19.3 Å². The predicted octanol–water partition coefficient (Wildman–Crippen LogP) is 1.84. The molecule has 3 N–H and O–H groups in total. The standard InChI is InChI=1S/C14H26N2O4S/c1-20-8-4-7-12(13(17)18)16-14(19)15-10-5-3-6-11(9-10)21-2/h10-12H,3-9H2,1-2H3,(H,17,18)(H2,15,16,19). The maximum absolute atomic E-state index is 11.9. The first-order chi connectivity index (χ1) is 10.1. The van der Waals surface area contributed by atoms with Gasteiger partial charge in [0.25, 0.3) is 0 Å². The lowest BCUT2D eigenvalue weighted by molar-refractivity contribution is -0.139. The van der Waals surface area contributed by atoms with E-state index in [1.807, 2.05) is 11.8 Å². The monoisotopic (exact) mass is 318 g/mol. The van der Waals surface area contributed by atoms with E-state index in [9.17, 15) is 9.59 Å². The van der Waals surface area contributed by atoms with E-state index in [0.29, 0.717) is 24.7 Å². The number of methoxy groups -OCH3 is 1. The maximum atomic E-state index is 11.9. The Kier molecular flexibility index (Phi) is 8.52. The Bertz CT molecular complexity index is 341. The average molecular weight is 318 g/mol. The molecule has 3 atom stereocenters. The van der Waals surface area contributed by atoms with E-state index in [2.05, 4.69) is 16.9 Å². The van der Waals surface area contributed by atoms with Crippen molar-refractivity contribution in [2.24, 2.45) is 0 Å². The van der Waals surface area contributed by atoms with Gasteiger partial charge in [-0.25, -0.2) is 9.59 Å². The molecule has 122 valence electrons. The second kappa shape index (κ2) is 9.89. The molecule has 3 unspecified atom stereocenters. The van der Waals surface area contributed by atoms with Crippen LogP contribution in [0.3, 0.4) is 0 Å². The van der Waals surface area contributed by atoms with Crippen molar-refractivity contribution in [3.63, 3.8) is 0 Å². The summed E-state index contributed by atoms with van der Waals surface area (Å²) in [5.41, 5.74) is 0. The number of amides is 2. The van der Waals surface area contributed by atoms with Crippen LogP contribution in [0.1, 0.15) is 38.5 Å². The Morgan fingerprint density at radius 3 is 2.81 bits per heavy atom. The third-order valence-corrected chi connectivity index (χ3v) is 4.83. The fourth-order valence-corrected chi connectivity index (χ4v) is 3.39. The Hall–Kier alpha value is -0.950. The summed E-state index contributed by atoms with van der Waals surface area (Å²) in [5.74, 6) is -1.01. The van der Waals surface area contributed by atoms with Gasteiger partial charge in [-0.3, -0.25) is 0 Å². The summed E-state index contributed by atoms with van der Waals surface area (Å²) in [4.78, 5) is 23.1. The van der Waals surface area contributed by atoms with Crippen molar-refractivity contribution in [1.29, 1.82) is 0 Å². The number of carboxylic acids is 1. The minimum atomic E-state index is -1.01. The number of hydrogen-bond donors (Lipinski definition) is 3. The van der Waals surface area contributed by atoms with Crippen LogP contribution in [0, 0.1) is 0 Å². The van der Waals surface area contributed by atoms with Crippen molar-refractivity contribution < 1.29 is 19.4 Å². The molecule has 0 aliphatic heterocycles. The number of carbonyl (C=O) groups is 2. The van der Waals surface area contributed by atoms with Gasteiger partial charge in [-0.1, -0.05) is 6.42 Å². The van der Waals surface area contributed by atoms with Gasteiger partial charge < -0.3 is 20.5 Å². The summed E-state index contributed by atoms with van der Waals surface area (Å²) < 4.78 is 4.90. The van der Waals surface area contributed by atoms with Crippen molar-refractivity contribution in [2.75, 3.05) is 20.0 Å². The van der Waals surface area contributed by atoms with E-state index in [-0.39, 0.29) is 12.1 Å². The molecule has 1 aliphatic rings. The zero-order chi connectivity index (χ0) is 15.7. The van der Waals surface area contributed by atoms with Gasteiger partial charge in [0.05, 0.1) is 0 Å². The summed E-state index contributed by atoms with van der Waals surface area (Å²) in [6.45, 7) is 0.491. The predicted molar refractivity (Wildman–Crippen MR) is 83.8 cm³/mol. The van der Waals surface area contributed by atoms with E-state index < -0.39 is 12.0 Å². The first-order valence-electron chi connectivity index (χ1n) is 7.38. The molecule has 21 heavy (non-hydrogen) atoms. The van der Waals surface area contributed by atoms with Crippen LogP contribution >= 0.6 is 11.8 Å². The lowest BCUT2D eigenvalue weighted by atomic mass is 9.95. The van der Waals surface area contributed by atoms with Gasteiger partial charge in [-0.2, -0.15) is 11.8 Å². The van der Waals surface area contributed by atoms with E-state index in [4.69, 9.17) is 9.84 Å². The van der Waals surface area contributed by atoms with Crippen molar-refractivity contribution in [3.05, 3.63) is 0 Å². The molecule has 1 saturated carbocycles. The van der Waals surface area contributed by atoms with Gasteiger partial charge in [-0.05, 0) is 38.4 Å². The van der Waals surface area contributed by atoms with Gasteiger partial charge >= 0.3 is 12.0 Å². The number of nitrogens with one attached hydrogen (secondary N) is 2. The van der Waals surface area contributed by atoms with Gasteiger partial charge in [0, 0.05) is 25.0 Å². The molecule has 0 saturated heterocycles. The smallest absolute Gasteiger partial charge is 0.326 e. The second-order valence-corrected chi connectivity index (χ2v) is 6.50. The van der Waals surface area contributed by atoms with Crippen molar-refractivity contribution >= 4 is 23.8 Å². The van der Waals surface area contributed by atoms with Gasteiger partial charge in [0.2, 0.25) is 0 Å². The molecule has 2 amide bonds. The van der Waals surface area contributed by atoms with Crippen LogP contribution in [0.15, 0.2) is 0 Å². The molecule has 1 rings (SSSR count). The Morgan fingerprint density at radius 2 is 2.19 bits per heavy atom. The summed E-state index contributed by atoms with van der Waals surface area (Å²) >= 11 is 1.83. The summed E-state index contributed by atoms with van der Waals surface area (Å²) in [6.07, 6.45) is 7.27. The van der Waals surface area contributed by atoms with Crippen LogP contribution in [0.2, 0.25) is 0 Å².